The van der Waals surface area contributed by atoms with E-state index in [1.54, 1.807) is 7.11 Å². The smallest absolute Gasteiger partial charge is 0.221 e. The average Bonchev–Trinajstić information content (AvgIpc) is 2.35. The molecular formula is C11H16N4O2. The Kier molecular flexibility index (Phi) is 3.41. The lowest BCUT2D eigenvalue weighted by Gasteiger charge is -2.24. The summed E-state index contributed by atoms with van der Waals surface area (Å²) < 4.78 is 5.13. The van der Waals surface area contributed by atoms with E-state index >= 15 is 0 Å². The van der Waals surface area contributed by atoms with Crippen molar-refractivity contribution in [3.05, 3.63) is 11.9 Å². The van der Waals surface area contributed by atoms with Crippen LogP contribution in [0.15, 0.2) is 6.33 Å². The van der Waals surface area contributed by atoms with Crippen LogP contribution < -0.4 is 15.4 Å². The van der Waals surface area contributed by atoms with Gasteiger partial charge in [-0.15, -0.1) is 0 Å². The minimum atomic E-state index is 0.111. The van der Waals surface area contributed by atoms with Crippen molar-refractivity contribution in [3.8, 4) is 5.88 Å². The number of nitrogens with zero attached hydrogens (tertiary/aromatic N) is 2. The molecule has 17 heavy (non-hydrogen) atoms. The topological polar surface area (TPSA) is 76.1 Å². The number of amides is 1. The van der Waals surface area contributed by atoms with Gasteiger partial charge in [0.15, 0.2) is 0 Å². The van der Waals surface area contributed by atoms with E-state index in [0.29, 0.717) is 18.8 Å². The first-order valence-corrected chi connectivity index (χ1v) is 5.59. The Labute approximate surface area is 99.8 Å². The standard InChI is InChI=1S/C11H16N4O2/c1-7-10(13-6-14-11(7)17-2)15-8-3-4-9(16)12-5-8/h6,8H,3-5H2,1-2H3,(H,12,16)(H,13,14,15). The van der Waals surface area contributed by atoms with Crippen molar-refractivity contribution in [2.24, 2.45) is 0 Å². The Morgan fingerprint density at radius 2 is 2.35 bits per heavy atom. The third-order valence-corrected chi connectivity index (χ3v) is 2.84. The highest BCUT2D eigenvalue weighted by atomic mass is 16.5. The Hall–Kier alpha value is -1.85. The van der Waals surface area contributed by atoms with Crippen molar-refractivity contribution < 1.29 is 9.53 Å². The molecule has 1 unspecified atom stereocenters. The maximum Gasteiger partial charge on any atom is 0.221 e. The molecule has 1 atom stereocenters. The zero-order chi connectivity index (χ0) is 12.3. The number of aromatic nitrogens is 2. The number of carbonyl (C=O) groups is 1. The largest absolute Gasteiger partial charge is 0.481 e. The molecule has 0 spiro atoms. The molecule has 0 saturated carbocycles. The van der Waals surface area contributed by atoms with E-state index in [9.17, 15) is 4.79 Å². The molecule has 1 aromatic heterocycles. The molecule has 0 bridgehead atoms. The number of nitrogens with one attached hydrogen (secondary N) is 2. The second kappa shape index (κ2) is 4.99. The molecule has 1 saturated heterocycles. The van der Waals surface area contributed by atoms with Crippen LogP contribution in [0, 0.1) is 6.92 Å². The minimum absolute atomic E-state index is 0.111. The van der Waals surface area contributed by atoms with Crippen LogP contribution >= 0.6 is 0 Å². The molecule has 0 radical (unpaired) electrons. The van der Waals surface area contributed by atoms with Gasteiger partial charge >= 0.3 is 0 Å². The quantitative estimate of drug-likeness (QED) is 0.798. The van der Waals surface area contributed by atoms with Gasteiger partial charge in [0.25, 0.3) is 0 Å². The molecule has 2 heterocycles. The van der Waals surface area contributed by atoms with E-state index in [0.717, 1.165) is 17.8 Å². The second-order valence-electron chi connectivity index (χ2n) is 4.04. The number of anilines is 1. The summed E-state index contributed by atoms with van der Waals surface area (Å²) in [6.07, 6.45) is 2.84. The lowest BCUT2D eigenvalue weighted by molar-refractivity contribution is -0.122. The number of methoxy groups -OCH3 is 1. The van der Waals surface area contributed by atoms with Crippen LogP contribution in [0.3, 0.4) is 0 Å². The van der Waals surface area contributed by atoms with Gasteiger partial charge in [-0.3, -0.25) is 4.79 Å². The highest BCUT2D eigenvalue weighted by Crippen LogP contribution is 2.21. The summed E-state index contributed by atoms with van der Waals surface area (Å²) in [6.45, 7) is 2.53. The molecule has 2 N–H and O–H groups in total. The highest BCUT2D eigenvalue weighted by molar-refractivity contribution is 5.77. The normalized spacial score (nSPS) is 19.6. The predicted octanol–water partition coefficient (Wildman–Crippen LogP) is 0.484. The molecule has 6 nitrogen and oxygen atoms in total. The van der Waals surface area contributed by atoms with Crippen LogP contribution in [0.1, 0.15) is 18.4 Å². The van der Waals surface area contributed by atoms with E-state index in [1.807, 2.05) is 6.92 Å². The van der Waals surface area contributed by atoms with Crippen LogP contribution in [0.2, 0.25) is 0 Å². The summed E-state index contributed by atoms with van der Waals surface area (Å²) in [5, 5.41) is 6.12. The first-order valence-electron chi connectivity index (χ1n) is 5.59. The molecule has 2 rings (SSSR count). The summed E-state index contributed by atoms with van der Waals surface area (Å²) in [7, 11) is 1.58. The Morgan fingerprint density at radius 3 is 3.00 bits per heavy atom. The Balaban J connectivity index is 2.06. The fourth-order valence-electron chi connectivity index (χ4n) is 1.83. The van der Waals surface area contributed by atoms with Gasteiger partial charge in [-0.05, 0) is 13.3 Å². The molecular weight excluding hydrogens is 220 g/mol. The number of piperidine rings is 1. The Bertz CT molecular complexity index is 412. The first-order chi connectivity index (χ1) is 8.20. The van der Waals surface area contributed by atoms with Gasteiger partial charge < -0.3 is 15.4 Å². The monoisotopic (exact) mass is 236 g/mol. The predicted molar refractivity (Wildman–Crippen MR) is 63.0 cm³/mol. The van der Waals surface area contributed by atoms with Gasteiger partial charge in [0, 0.05) is 19.0 Å². The summed E-state index contributed by atoms with van der Waals surface area (Å²) in [5.74, 6) is 1.44. The molecule has 6 heteroatoms. The van der Waals surface area contributed by atoms with Gasteiger partial charge in [0.2, 0.25) is 11.8 Å². The number of rotatable bonds is 3. The van der Waals surface area contributed by atoms with Crippen molar-refractivity contribution in [1.82, 2.24) is 15.3 Å². The number of hydrogen-bond donors (Lipinski definition) is 2. The molecule has 1 aromatic rings. The molecule has 0 aliphatic carbocycles. The van der Waals surface area contributed by atoms with Gasteiger partial charge in [-0.1, -0.05) is 0 Å². The van der Waals surface area contributed by atoms with E-state index in [2.05, 4.69) is 20.6 Å². The van der Waals surface area contributed by atoms with Crippen molar-refractivity contribution in [2.45, 2.75) is 25.8 Å². The molecule has 0 aromatic carbocycles. The number of carbonyl (C=O) groups excluding carboxylic acids is 1. The average molecular weight is 236 g/mol. The first kappa shape index (κ1) is 11.6. The maximum absolute atomic E-state index is 11.0. The van der Waals surface area contributed by atoms with Crippen LogP contribution in [0.25, 0.3) is 0 Å². The van der Waals surface area contributed by atoms with E-state index in [-0.39, 0.29) is 11.9 Å². The third kappa shape index (κ3) is 2.64. The zero-order valence-electron chi connectivity index (χ0n) is 9.99. The molecule has 92 valence electrons. The molecule has 1 fully saturated rings. The maximum atomic E-state index is 11.0. The highest BCUT2D eigenvalue weighted by Gasteiger charge is 2.19. The van der Waals surface area contributed by atoms with E-state index in [4.69, 9.17) is 4.74 Å². The van der Waals surface area contributed by atoms with Gasteiger partial charge in [0.1, 0.15) is 12.1 Å². The summed E-state index contributed by atoms with van der Waals surface area (Å²) in [6, 6.07) is 0.214. The van der Waals surface area contributed by atoms with Crippen LogP contribution in [-0.4, -0.2) is 35.6 Å². The number of hydrogen-bond acceptors (Lipinski definition) is 5. The van der Waals surface area contributed by atoms with Gasteiger partial charge in [-0.2, -0.15) is 0 Å². The third-order valence-electron chi connectivity index (χ3n) is 2.84. The lowest BCUT2D eigenvalue weighted by atomic mass is 10.1. The van der Waals surface area contributed by atoms with Crippen molar-refractivity contribution >= 4 is 11.7 Å². The number of ether oxygens (including phenoxy) is 1. The summed E-state index contributed by atoms with van der Waals surface area (Å²) in [4.78, 5) is 19.2. The van der Waals surface area contributed by atoms with E-state index in [1.165, 1.54) is 6.33 Å². The van der Waals surface area contributed by atoms with Crippen LogP contribution in [-0.2, 0) is 4.79 Å². The SMILES string of the molecule is COc1ncnc(NC2CCC(=O)NC2)c1C. The van der Waals surface area contributed by atoms with Gasteiger partial charge in [-0.25, -0.2) is 9.97 Å². The van der Waals surface area contributed by atoms with Crippen molar-refractivity contribution in [2.75, 3.05) is 19.0 Å². The minimum Gasteiger partial charge on any atom is -0.481 e. The Morgan fingerprint density at radius 1 is 1.53 bits per heavy atom. The molecule has 1 amide bonds. The van der Waals surface area contributed by atoms with Crippen molar-refractivity contribution in [3.63, 3.8) is 0 Å². The second-order valence-corrected chi connectivity index (χ2v) is 4.04. The molecule has 1 aliphatic rings. The zero-order valence-corrected chi connectivity index (χ0v) is 9.99. The fourth-order valence-corrected chi connectivity index (χ4v) is 1.83. The van der Waals surface area contributed by atoms with Crippen molar-refractivity contribution in [1.29, 1.82) is 0 Å². The van der Waals surface area contributed by atoms with Gasteiger partial charge in [0.05, 0.1) is 12.7 Å². The lowest BCUT2D eigenvalue weighted by Crippen LogP contribution is -2.42. The van der Waals surface area contributed by atoms with E-state index < -0.39 is 0 Å². The van der Waals surface area contributed by atoms with Crippen LogP contribution in [0.4, 0.5) is 5.82 Å². The van der Waals surface area contributed by atoms with Crippen LogP contribution in [0.5, 0.6) is 5.88 Å². The summed E-state index contributed by atoms with van der Waals surface area (Å²) in [5.41, 5.74) is 0.881. The fraction of sp³-hybridized carbons (Fsp3) is 0.545. The summed E-state index contributed by atoms with van der Waals surface area (Å²) >= 11 is 0. The molecule has 1 aliphatic heterocycles.